The zero-order valence-corrected chi connectivity index (χ0v) is 26.9. The van der Waals surface area contributed by atoms with E-state index in [0.717, 1.165) is 23.4 Å². The standard InChI is InChI=1S/C33H34F2N6O6S/c1-46-30-17-25(40-48(2,44)45)8-10-29(30)47-31-11-6-20(18-37-31)19-41-13-12-24(16-28(41)21-4-3-5-22(34)14-21)39-33(43)38-23-7-9-27(35)26(15-23)32(36)42/h3-11,14-15,17-18,24,28,40H,12-13,16,19H2,1-2H3,(H2,36,42)(H2,38,39,43). The minimum atomic E-state index is -3.47. The summed E-state index contributed by atoms with van der Waals surface area (Å²) >= 11 is 0. The third-order valence-corrected chi connectivity index (χ3v) is 8.24. The number of methoxy groups -OCH3 is 1. The van der Waals surface area contributed by atoms with Gasteiger partial charge in [-0.05, 0) is 66.4 Å². The second-order valence-electron chi connectivity index (χ2n) is 11.3. The van der Waals surface area contributed by atoms with Crippen molar-refractivity contribution in [3.63, 3.8) is 0 Å². The fraction of sp³-hybridized carbons (Fsp3) is 0.242. The SMILES string of the molecule is COc1cc(NS(C)(=O)=O)ccc1Oc1ccc(CN2CCC(NC(=O)Nc3ccc(F)c(C(N)=O)c3)CC2c2cccc(F)c2)cn1. The number of piperidine rings is 1. The van der Waals surface area contributed by atoms with Crippen LogP contribution in [0.4, 0.5) is 25.0 Å². The van der Waals surface area contributed by atoms with Gasteiger partial charge >= 0.3 is 6.03 Å². The maximum Gasteiger partial charge on any atom is 0.319 e. The molecule has 3 aromatic carbocycles. The largest absolute Gasteiger partial charge is 0.493 e. The first-order valence-electron chi connectivity index (χ1n) is 14.8. The maximum atomic E-state index is 14.3. The Morgan fingerprint density at radius 3 is 2.50 bits per heavy atom. The van der Waals surface area contributed by atoms with Crippen LogP contribution < -0.4 is 30.6 Å². The van der Waals surface area contributed by atoms with E-state index in [0.29, 0.717) is 49.0 Å². The number of sulfonamides is 1. The number of anilines is 2. The van der Waals surface area contributed by atoms with E-state index < -0.39 is 27.8 Å². The molecule has 1 aliphatic heterocycles. The molecule has 15 heteroatoms. The molecule has 1 aromatic heterocycles. The number of benzene rings is 3. The van der Waals surface area contributed by atoms with E-state index in [4.69, 9.17) is 15.2 Å². The highest BCUT2D eigenvalue weighted by molar-refractivity contribution is 7.92. The van der Waals surface area contributed by atoms with Gasteiger partial charge in [-0.1, -0.05) is 18.2 Å². The normalized spacial score (nSPS) is 16.5. The summed E-state index contributed by atoms with van der Waals surface area (Å²) in [6, 6.07) is 17.0. The van der Waals surface area contributed by atoms with Gasteiger partial charge in [-0.25, -0.2) is 27.0 Å². The number of ether oxygens (including phenoxy) is 2. The predicted octanol–water partition coefficient (Wildman–Crippen LogP) is 5.16. The Bertz CT molecular complexity index is 1910. The molecule has 2 atom stereocenters. The van der Waals surface area contributed by atoms with Gasteiger partial charge in [0.15, 0.2) is 11.5 Å². The third kappa shape index (κ3) is 8.95. The number of hydrogen-bond acceptors (Lipinski definition) is 8. The summed E-state index contributed by atoms with van der Waals surface area (Å²) in [4.78, 5) is 30.9. The van der Waals surface area contributed by atoms with Crippen LogP contribution >= 0.6 is 0 Å². The molecule has 5 N–H and O–H groups in total. The van der Waals surface area contributed by atoms with E-state index in [9.17, 15) is 26.8 Å². The van der Waals surface area contributed by atoms with Crippen LogP contribution in [0.1, 0.15) is 40.4 Å². The fourth-order valence-corrected chi connectivity index (χ4v) is 6.04. The van der Waals surface area contributed by atoms with E-state index in [-0.39, 0.29) is 29.2 Å². The number of hydrogen-bond donors (Lipinski definition) is 4. The van der Waals surface area contributed by atoms with Gasteiger partial charge in [0.25, 0.3) is 5.91 Å². The minimum Gasteiger partial charge on any atom is -0.493 e. The molecule has 1 aliphatic rings. The van der Waals surface area contributed by atoms with Crippen molar-refractivity contribution in [1.82, 2.24) is 15.2 Å². The molecule has 0 bridgehead atoms. The zero-order valence-electron chi connectivity index (χ0n) is 26.1. The average Bonchev–Trinajstić information content (AvgIpc) is 3.03. The van der Waals surface area contributed by atoms with Crippen LogP contribution in [0, 0.1) is 11.6 Å². The molecule has 0 saturated carbocycles. The predicted molar refractivity (Wildman–Crippen MR) is 175 cm³/mol. The minimum absolute atomic E-state index is 0.209. The first kappa shape index (κ1) is 34.1. The van der Waals surface area contributed by atoms with Crippen molar-refractivity contribution in [1.29, 1.82) is 0 Å². The number of nitrogens with one attached hydrogen (secondary N) is 3. The first-order chi connectivity index (χ1) is 22.9. The van der Waals surface area contributed by atoms with Gasteiger partial charge in [-0.3, -0.25) is 14.4 Å². The van der Waals surface area contributed by atoms with Crippen molar-refractivity contribution in [2.45, 2.75) is 31.5 Å². The second kappa shape index (κ2) is 14.6. The Balaban J connectivity index is 1.25. The molecule has 1 fully saturated rings. The highest BCUT2D eigenvalue weighted by Gasteiger charge is 2.31. The molecule has 0 spiro atoms. The Morgan fingerprint density at radius 1 is 1.02 bits per heavy atom. The topological polar surface area (TPSA) is 165 Å². The van der Waals surface area contributed by atoms with Gasteiger partial charge < -0.3 is 25.8 Å². The lowest BCUT2D eigenvalue weighted by molar-refractivity contribution is 0.0996. The number of nitrogens with zero attached hydrogens (tertiary/aromatic N) is 2. The Kier molecular flexibility index (Phi) is 10.4. The molecule has 252 valence electrons. The van der Waals surface area contributed by atoms with E-state index in [2.05, 4.69) is 25.2 Å². The van der Waals surface area contributed by atoms with Crippen molar-refractivity contribution in [3.8, 4) is 17.4 Å². The van der Waals surface area contributed by atoms with Crippen LogP contribution in [-0.4, -0.2) is 56.2 Å². The summed E-state index contributed by atoms with van der Waals surface area (Å²) < 4.78 is 64.9. The van der Waals surface area contributed by atoms with Gasteiger partial charge in [0, 0.05) is 49.2 Å². The number of primary amides is 1. The highest BCUT2D eigenvalue weighted by atomic mass is 32.2. The van der Waals surface area contributed by atoms with Crippen molar-refractivity contribution in [2.24, 2.45) is 5.73 Å². The summed E-state index contributed by atoms with van der Waals surface area (Å²) in [7, 11) is -2.03. The summed E-state index contributed by atoms with van der Waals surface area (Å²) in [6.07, 6.45) is 3.79. The van der Waals surface area contributed by atoms with Crippen LogP contribution in [0.5, 0.6) is 17.4 Å². The zero-order chi connectivity index (χ0) is 34.4. The molecule has 3 amide bonds. The van der Waals surface area contributed by atoms with Gasteiger partial charge in [0.1, 0.15) is 11.6 Å². The quantitative estimate of drug-likeness (QED) is 0.169. The lowest BCUT2D eigenvalue weighted by Gasteiger charge is -2.40. The molecule has 5 rings (SSSR count). The average molecular weight is 681 g/mol. The first-order valence-corrected chi connectivity index (χ1v) is 16.7. The number of pyridine rings is 1. The Hall–Kier alpha value is -5.28. The number of urea groups is 1. The number of halogens is 2. The smallest absolute Gasteiger partial charge is 0.319 e. The molecule has 48 heavy (non-hydrogen) atoms. The van der Waals surface area contributed by atoms with Crippen LogP contribution in [0.3, 0.4) is 0 Å². The Labute approximate surface area is 276 Å². The van der Waals surface area contributed by atoms with Gasteiger partial charge in [-0.2, -0.15) is 0 Å². The summed E-state index contributed by atoms with van der Waals surface area (Å²) in [5, 5.41) is 5.55. The lowest BCUT2D eigenvalue weighted by Crippen LogP contribution is -2.47. The van der Waals surface area contributed by atoms with Crippen LogP contribution in [0.2, 0.25) is 0 Å². The number of rotatable bonds is 11. The second-order valence-corrected chi connectivity index (χ2v) is 13.0. The summed E-state index contributed by atoms with van der Waals surface area (Å²) in [5.41, 5.74) is 7.03. The van der Waals surface area contributed by atoms with Crippen molar-refractivity contribution < 1.29 is 36.3 Å². The number of carbonyl (C=O) groups excluding carboxylic acids is 2. The molecule has 0 aliphatic carbocycles. The number of amides is 3. The van der Waals surface area contributed by atoms with E-state index in [1.165, 1.54) is 37.4 Å². The molecule has 2 unspecified atom stereocenters. The molecule has 1 saturated heterocycles. The van der Waals surface area contributed by atoms with Crippen LogP contribution in [-0.2, 0) is 16.6 Å². The third-order valence-electron chi connectivity index (χ3n) is 7.64. The van der Waals surface area contributed by atoms with Crippen LogP contribution in [0.15, 0.2) is 79.0 Å². The lowest BCUT2D eigenvalue weighted by atomic mass is 9.91. The van der Waals surface area contributed by atoms with E-state index in [1.807, 2.05) is 12.1 Å². The highest BCUT2D eigenvalue weighted by Crippen LogP contribution is 2.35. The number of nitrogens with two attached hydrogens (primary N) is 1. The molecule has 4 aromatic rings. The molecule has 2 heterocycles. The number of likely N-dealkylation sites (tertiary alicyclic amines) is 1. The molecule has 0 radical (unpaired) electrons. The monoisotopic (exact) mass is 680 g/mol. The maximum absolute atomic E-state index is 14.3. The molecular weight excluding hydrogens is 646 g/mol. The van der Waals surface area contributed by atoms with Gasteiger partial charge in [0.05, 0.1) is 24.6 Å². The van der Waals surface area contributed by atoms with E-state index >= 15 is 0 Å². The molecule has 12 nitrogen and oxygen atoms in total. The van der Waals surface area contributed by atoms with Crippen LogP contribution in [0.25, 0.3) is 0 Å². The van der Waals surface area contributed by atoms with Crippen molar-refractivity contribution in [2.75, 3.05) is 29.9 Å². The molecular formula is C33H34F2N6O6S. The van der Waals surface area contributed by atoms with Crippen molar-refractivity contribution >= 4 is 33.3 Å². The number of carbonyl (C=O) groups is 2. The summed E-state index contributed by atoms with van der Waals surface area (Å²) in [6.45, 7) is 1.05. The fourth-order valence-electron chi connectivity index (χ4n) is 5.48. The van der Waals surface area contributed by atoms with E-state index in [1.54, 1.807) is 30.5 Å². The number of aromatic nitrogens is 1. The van der Waals surface area contributed by atoms with Crippen molar-refractivity contribution in [3.05, 3.63) is 107 Å². The van der Waals surface area contributed by atoms with Gasteiger partial charge in [0.2, 0.25) is 15.9 Å². The summed E-state index contributed by atoms with van der Waals surface area (Å²) in [5.74, 6) is -1.16. The Morgan fingerprint density at radius 2 is 1.81 bits per heavy atom. The van der Waals surface area contributed by atoms with Gasteiger partial charge in [-0.15, -0.1) is 0 Å².